The van der Waals surface area contributed by atoms with Crippen LogP contribution < -0.4 is 5.43 Å². The Morgan fingerprint density at radius 3 is 2.46 bits per heavy atom. The van der Waals surface area contributed by atoms with Crippen LogP contribution in [-0.2, 0) is 4.79 Å². The maximum absolute atomic E-state index is 13.0. The molecule has 1 aromatic carbocycles. The van der Waals surface area contributed by atoms with Gasteiger partial charge < -0.3 is 5.11 Å². The normalized spacial score (nSPS) is 40.2. The van der Waals surface area contributed by atoms with E-state index in [9.17, 15) is 9.90 Å². The summed E-state index contributed by atoms with van der Waals surface area (Å²) in [7, 11) is 0. The molecule has 2 unspecified atom stereocenters. The predicted molar refractivity (Wildman–Crippen MR) is 93.7 cm³/mol. The molecule has 0 spiro atoms. The van der Waals surface area contributed by atoms with Gasteiger partial charge in [0.2, 0.25) is 5.91 Å². The summed E-state index contributed by atoms with van der Waals surface area (Å²) < 4.78 is 0. The van der Waals surface area contributed by atoms with E-state index in [0.717, 1.165) is 19.3 Å². The van der Waals surface area contributed by atoms with E-state index in [1.165, 1.54) is 25.5 Å². The average molecular weight is 326 g/mol. The molecule has 4 bridgehead atoms. The Morgan fingerprint density at radius 1 is 1.17 bits per heavy atom. The number of nitrogens with zero attached hydrogens (tertiary/aromatic N) is 1. The Labute approximate surface area is 143 Å². The first-order valence-electron chi connectivity index (χ1n) is 8.93. The monoisotopic (exact) mass is 326 g/mol. The molecule has 4 saturated carbocycles. The van der Waals surface area contributed by atoms with Crippen LogP contribution in [0, 0.1) is 22.2 Å². The topological polar surface area (TPSA) is 61.7 Å². The van der Waals surface area contributed by atoms with Crippen LogP contribution in [0.3, 0.4) is 0 Å². The fraction of sp³-hybridized carbons (Fsp3) is 0.600. The molecule has 0 saturated heterocycles. The maximum Gasteiger partial charge on any atom is 0.246 e. The SMILES string of the molecule is CC12CC3CC(C)(C1)CC(C(=O)NN=Cc1ccccc1O)(C3)C2. The first kappa shape index (κ1) is 15.7. The Balaban J connectivity index is 1.51. The number of para-hydroxylation sites is 1. The second-order valence-corrected chi connectivity index (χ2v) is 9.17. The lowest BCUT2D eigenvalue weighted by Gasteiger charge is -2.64. The van der Waals surface area contributed by atoms with Crippen molar-refractivity contribution in [1.82, 2.24) is 5.43 Å². The molecular weight excluding hydrogens is 300 g/mol. The zero-order valence-electron chi connectivity index (χ0n) is 14.5. The van der Waals surface area contributed by atoms with Gasteiger partial charge in [-0.15, -0.1) is 0 Å². The van der Waals surface area contributed by atoms with Crippen molar-refractivity contribution in [2.24, 2.45) is 27.3 Å². The van der Waals surface area contributed by atoms with Crippen LogP contribution in [-0.4, -0.2) is 17.2 Å². The van der Waals surface area contributed by atoms with Crippen molar-refractivity contribution in [3.8, 4) is 5.75 Å². The van der Waals surface area contributed by atoms with Crippen LogP contribution in [0.15, 0.2) is 29.4 Å². The third-order valence-electron chi connectivity index (χ3n) is 6.41. The number of aromatic hydroxyl groups is 1. The van der Waals surface area contributed by atoms with Crippen molar-refractivity contribution in [2.75, 3.05) is 0 Å². The standard InChI is InChI=1S/C20H26N2O2/c1-18-7-14-8-19(2,11-18)13-20(9-14,12-18)17(24)22-21-10-15-5-3-4-6-16(15)23/h3-6,10,14,23H,7-9,11-13H2,1-2H3,(H,22,24). The molecule has 4 heteroatoms. The molecule has 24 heavy (non-hydrogen) atoms. The maximum atomic E-state index is 13.0. The van der Waals surface area contributed by atoms with E-state index in [-0.39, 0.29) is 17.1 Å². The summed E-state index contributed by atoms with van der Waals surface area (Å²) in [5.41, 5.74) is 3.76. The summed E-state index contributed by atoms with van der Waals surface area (Å²) in [5.74, 6) is 0.921. The first-order valence-corrected chi connectivity index (χ1v) is 8.93. The van der Waals surface area contributed by atoms with Gasteiger partial charge >= 0.3 is 0 Å². The van der Waals surface area contributed by atoms with E-state index in [0.29, 0.717) is 22.3 Å². The molecule has 4 aliphatic carbocycles. The van der Waals surface area contributed by atoms with Gasteiger partial charge in [0.15, 0.2) is 0 Å². The summed E-state index contributed by atoms with van der Waals surface area (Å²) in [6.07, 6.45) is 8.32. The number of hydrogen-bond donors (Lipinski definition) is 2. The van der Waals surface area contributed by atoms with E-state index in [2.05, 4.69) is 24.4 Å². The molecule has 4 nitrogen and oxygen atoms in total. The molecule has 1 amide bonds. The summed E-state index contributed by atoms with van der Waals surface area (Å²) in [5, 5.41) is 13.9. The fourth-order valence-electron chi connectivity index (χ4n) is 6.58. The van der Waals surface area contributed by atoms with E-state index in [1.807, 2.05) is 6.07 Å². The molecule has 2 atom stereocenters. The van der Waals surface area contributed by atoms with E-state index >= 15 is 0 Å². The summed E-state index contributed by atoms with van der Waals surface area (Å²) in [6, 6.07) is 6.99. The highest BCUT2D eigenvalue weighted by molar-refractivity contribution is 5.87. The lowest BCUT2D eigenvalue weighted by molar-refractivity contribution is -0.170. The number of phenols is 1. The second kappa shape index (κ2) is 5.08. The molecule has 0 aliphatic heterocycles. The zero-order chi connectivity index (χ0) is 17.0. The third-order valence-corrected chi connectivity index (χ3v) is 6.41. The highest BCUT2D eigenvalue weighted by atomic mass is 16.3. The number of carbonyl (C=O) groups is 1. The molecule has 0 heterocycles. The number of hydrogen-bond acceptors (Lipinski definition) is 3. The number of benzene rings is 1. The quantitative estimate of drug-likeness (QED) is 0.655. The predicted octanol–water partition coefficient (Wildman–Crippen LogP) is 3.84. The van der Waals surface area contributed by atoms with Gasteiger partial charge in [0, 0.05) is 5.56 Å². The van der Waals surface area contributed by atoms with Gasteiger partial charge in [-0.1, -0.05) is 26.0 Å². The fourth-order valence-corrected chi connectivity index (χ4v) is 6.58. The molecule has 0 radical (unpaired) electrons. The number of nitrogens with one attached hydrogen (secondary N) is 1. The van der Waals surface area contributed by atoms with Crippen molar-refractivity contribution in [3.05, 3.63) is 29.8 Å². The number of phenolic OH excluding ortho intramolecular Hbond substituents is 1. The van der Waals surface area contributed by atoms with Crippen LogP contribution in [0.5, 0.6) is 5.75 Å². The van der Waals surface area contributed by atoms with E-state index in [4.69, 9.17) is 0 Å². The van der Waals surface area contributed by atoms with Crippen molar-refractivity contribution >= 4 is 12.1 Å². The Hall–Kier alpha value is -1.84. The van der Waals surface area contributed by atoms with Gasteiger partial charge in [-0.2, -0.15) is 5.10 Å². The number of carbonyl (C=O) groups excluding carboxylic acids is 1. The molecule has 2 N–H and O–H groups in total. The lowest BCUT2D eigenvalue weighted by atomic mass is 9.40. The number of hydrazone groups is 1. The van der Waals surface area contributed by atoms with Gasteiger partial charge in [-0.25, -0.2) is 5.43 Å². The number of rotatable bonds is 3. The van der Waals surface area contributed by atoms with Gasteiger partial charge in [0.05, 0.1) is 11.6 Å². The molecule has 5 rings (SSSR count). The van der Waals surface area contributed by atoms with E-state index < -0.39 is 0 Å². The average Bonchev–Trinajstić information content (AvgIpc) is 2.45. The smallest absolute Gasteiger partial charge is 0.246 e. The van der Waals surface area contributed by atoms with Crippen molar-refractivity contribution < 1.29 is 9.90 Å². The first-order chi connectivity index (χ1) is 11.3. The zero-order valence-corrected chi connectivity index (χ0v) is 14.5. The van der Waals surface area contributed by atoms with Gasteiger partial charge in [-0.3, -0.25) is 4.79 Å². The van der Waals surface area contributed by atoms with Crippen molar-refractivity contribution in [3.63, 3.8) is 0 Å². The van der Waals surface area contributed by atoms with Crippen LogP contribution in [0.2, 0.25) is 0 Å². The molecule has 4 fully saturated rings. The Bertz CT molecular complexity index is 693. The number of amides is 1. The third kappa shape index (κ3) is 2.52. The largest absolute Gasteiger partial charge is 0.507 e. The highest BCUT2D eigenvalue weighted by Crippen LogP contribution is 2.69. The van der Waals surface area contributed by atoms with Crippen LogP contribution in [0.25, 0.3) is 0 Å². The van der Waals surface area contributed by atoms with Gasteiger partial charge in [0.25, 0.3) is 0 Å². The Morgan fingerprint density at radius 2 is 1.83 bits per heavy atom. The summed E-state index contributed by atoms with van der Waals surface area (Å²) in [6.45, 7) is 4.73. The molecule has 1 aromatic rings. The summed E-state index contributed by atoms with van der Waals surface area (Å²) in [4.78, 5) is 13.0. The van der Waals surface area contributed by atoms with Crippen molar-refractivity contribution in [2.45, 2.75) is 52.4 Å². The van der Waals surface area contributed by atoms with Crippen molar-refractivity contribution in [1.29, 1.82) is 0 Å². The molecule has 128 valence electrons. The second-order valence-electron chi connectivity index (χ2n) is 9.17. The lowest BCUT2D eigenvalue weighted by Crippen LogP contribution is -2.59. The minimum Gasteiger partial charge on any atom is -0.507 e. The van der Waals surface area contributed by atoms with Gasteiger partial charge in [-0.05, 0) is 67.4 Å². The van der Waals surface area contributed by atoms with E-state index in [1.54, 1.807) is 18.2 Å². The van der Waals surface area contributed by atoms with Crippen LogP contribution >= 0.6 is 0 Å². The van der Waals surface area contributed by atoms with Crippen LogP contribution in [0.4, 0.5) is 0 Å². The highest BCUT2D eigenvalue weighted by Gasteiger charge is 2.62. The molecule has 0 aromatic heterocycles. The van der Waals surface area contributed by atoms with Gasteiger partial charge in [0.1, 0.15) is 5.75 Å². The minimum atomic E-state index is -0.251. The molecular formula is C20H26N2O2. The minimum absolute atomic E-state index is 0.0655. The van der Waals surface area contributed by atoms with Crippen LogP contribution in [0.1, 0.15) is 57.9 Å². The Kier molecular flexibility index (Phi) is 3.32. The summed E-state index contributed by atoms with van der Waals surface area (Å²) >= 11 is 0. The molecule has 4 aliphatic rings.